The molecule has 1 aromatic rings. The first kappa shape index (κ1) is 21.3. The van der Waals surface area contributed by atoms with Gasteiger partial charge in [0.1, 0.15) is 5.75 Å². The van der Waals surface area contributed by atoms with Crippen LogP contribution in [0.5, 0.6) is 5.75 Å². The molecule has 0 heterocycles. The quantitative estimate of drug-likeness (QED) is 0.773. The number of nitrogens with two attached hydrogens (primary N) is 1. The van der Waals surface area contributed by atoms with E-state index in [9.17, 15) is 9.59 Å². The normalized spacial score (nSPS) is 15.2. The Morgan fingerprint density at radius 1 is 1.32 bits per heavy atom. The molecule has 0 radical (unpaired) electrons. The van der Waals surface area contributed by atoms with E-state index in [0.29, 0.717) is 24.5 Å². The maximum absolute atomic E-state index is 12.9. The van der Waals surface area contributed by atoms with Gasteiger partial charge in [-0.3, -0.25) is 9.59 Å². The number of benzene rings is 1. The molecule has 7 heteroatoms. The summed E-state index contributed by atoms with van der Waals surface area (Å²) in [5, 5.41) is 2.81. The molecule has 0 unspecified atom stereocenters. The van der Waals surface area contributed by atoms with E-state index in [4.69, 9.17) is 10.5 Å². The minimum Gasteiger partial charge on any atom is -0.497 e. The van der Waals surface area contributed by atoms with Crippen molar-refractivity contribution in [2.75, 3.05) is 32.1 Å². The molecule has 1 aliphatic carbocycles. The number of nitrogens with zero attached hydrogens (tertiary/aromatic N) is 1. The number of hydrogen-bond acceptors (Lipinski definition) is 4. The van der Waals surface area contributed by atoms with Crippen molar-refractivity contribution in [1.82, 2.24) is 4.90 Å². The van der Waals surface area contributed by atoms with Crippen molar-refractivity contribution in [2.45, 2.75) is 32.6 Å². The number of anilines is 1. The minimum atomic E-state index is -0.480. The van der Waals surface area contributed by atoms with Gasteiger partial charge >= 0.3 is 0 Å². The van der Waals surface area contributed by atoms with Crippen LogP contribution in [0.25, 0.3) is 0 Å². The van der Waals surface area contributed by atoms with E-state index in [1.165, 1.54) is 0 Å². The molecule has 1 saturated carbocycles. The Hall–Kier alpha value is -1.79. The second-order valence-corrected chi connectivity index (χ2v) is 6.29. The predicted octanol–water partition coefficient (Wildman–Crippen LogP) is 2.42. The summed E-state index contributed by atoms with van der Waals surface area (Å²) in [6.07, 6.45) is 3.68. The van der Waals surface area contributed by atoms with Crippen molar-refractivity contribution >= 4 is 29.9 Å². The Morgan fingerprint density at radius 2 is 2.00 bits per heavy atom. The average Bonchev–Trinajstić information content (AvgIpc) is 3.09. The zero-order valence-electron chi connectivity index (χ0n) is 14.9. The van der Waals surface area contributed by atoms with E-state index in [1.54, 1.807) is 30.2 Å². The summed E-state index contributed by atoms with van der Waals surface area (Å²) in [5.41, 5.74) is 6.06. The zero-order valence-corrected chi connectivity index (χ0v) is 15.7. The number of nitrogens with one attached hydrogen (secondary N) is 1. The van der Waals surface area contributed by atoms with E-state index in [1.807, 2.05) is 13.0 Å². The maximum Gasteiger partial charge on any atom is 0.243 e. The number of rotatable bonds is 7. The molecule has 1 aromatic carbocycles. The number of hydrogen-bond donors (Lipinski definition) is 2. The van der Waals surface area contributed by atoms with Gasteiger partial charge < -0.3 is 20.7 Å². The van der Waals surface area contributed by atoms with Gasteiger partial charge in [-0.2, -0.15) is 0 Å². The highest BCUT2D eigenvalue weighted by Crippen LogP contribution is 2.38. The average molecular weight is 370 g/mol. The third-order valence-electron chi connectivity index (χ3n) is 4.76. The van der Waals surface area contributed by atoms with Gasteiger partial charge in [0.25, 0.3) is 0 Å². The maximum atomic E-state index is 12.9. The van der Waals surface area contributed by atoms with Crippen molar-refractivity contribution < 1.29 is 14.3 Å². The number of likely N-dealkylation sites (N-methyl/N-ethyl adjacent to an activating group) is 1. The van der Waals surface area contributed by atoms with Crippen LogP contribution in [-0.4, -0.2) is 43.5 Å². The smallest absolute Gasteiger partial charge is 0.243 e. The summed E-state index contributed by atoms with van der Waals surface area (Å²) in [4.78, 5) is 26.8. The summed E-state index contributed by atoms with van der Waals surface area (Å²) >= 11 is 0. The molecule has 3 N–H and O–H groups in total. The lowest BCUT2D eigenvalue weighted by molar-refractivity contribution is -0.143. The van der Waals surface area contributed by atoms with E-state index in [2.05, 4.69) is 5.32 Å². The molecule has 1 fully saturated rings. The first-order valence-corrected chi connectivity index (χ1v) is 8.48. The van der Waals surface area contributed by atoms with Gasteiger partial charge in [-0.05, 0) is 31.9 Å². The number of carbonyl (C=O) groups is 2. The van der Waals surface area contributed by atoms with Crippen LogP contribution in [0, 0.1) is 5.41 Å². The molecule has 0 spiro atoms. The molecule has 0 saturated heterocycles. The fraction of sp³-hybridized carbons (Fsp3) is 0.556. The molecular weight excluding hydrogens is 342 g/mol. The van der Waals surface area contributed by atoms with Crippen molar-refractivity contribution in [1.29, 1.82) is 0 Å². The van der Waals surface area contributed by atoms with Crippen molar-refractivity contribution in [2.24, 2.45) is 11.1 Å². The lowest BCUT2D eigenvalue weighted by Gasteiger charge is -2.32. The number of halogens is 1. The number of ether oxygens (including phenoxy) is 1. The van der Waals surface area contributed by atoms with Gasteiger partial charge in [-0.25, -0.2) is 0 Å². The van der Waals surface area contributed by atoms with Crippen LogP contribution in [0.3, 0.4) is 0 Å². The first-order valence-electron chi connectivity index (χ1n) is 8.48. The standard InChI is InChI=1S/C18H27N3O3.ClH/c1-3-21(17(23)18(13-19)9-4-5-10-18)12-16(22)20-14-7-6-8-15(11-14)24-2;/h6-8,11H,3-5,9-10,12-13,19H2,1-2H3,(H,20,22);1H. The summed E-state index contributed by atoms with van der Waals surface area (Å²) in [7, 11) is 1.58. The van der Waals surface area contributed by atoms with E-state index < -0.39 is 5.41 Å². The molecule has 6 nitrogen and oxygen atoms in total. The largest absolute Gasteiger partial charge is 0.497 e. The molecule has 0 aromatic heterocycles. The Morgan fingerprint density at radius 3 is 2.56 bits per heavy atom. The molecule has 0 atom stereocenters. The SMILES string of the molecule is CCN(CC(=O)Nc1cccc(OC)c1)C(=O)C1(CN)CCCC1.Cl. The second-order valence-electron chi connectivity index (χ2n) is 6.29. The summed E-state index contributed by atoms with van der Waals surface area (Å²) in [6.45, 7) is 2.76. The Bertz CT molecular complexity index is 589. The molecular formula is C18H28ClN3O3. The fourth-order valence-electron chi connectivity index (χ4n) is 3.29. The number of methoxy groups -OCH3 is 1. The van der Waals surface area contributed by atoms with Crippen LogP contribution in [0.4, 0.5) is 5.69 Å². The van der Waals surface area contributed by atoms with Crippen LogP contribution in [0.1, 0.15) is 32.6 Å². The van der Waals surface area contributed by atoms with Crippen LogP contribution in [0.2, 0.25) is 0 Å². The molecule has 2 amide bonds. The van der Waals surface area contributed by atoms with Crippen LogP contribution in [0.15, 0.2) is 24.3 Å². The van der Waals surface area contributed by atoms with Gasteiger partial charge in [0.05, 0.1) is 19.1 Å². The lowest BCUT2D eigenvalue weighted by atomic mass is 9.84. The molecule has 25 heavy (non-hydrogen) atoms. The van der Waals surface area contributed by atoms with Gasteiger partial charge in [0.2, 0.25) is 11.8 Å². The van der Waals surface area contributed by atoms with E-state index >= 15 is 0 Å². The topological polar surface area (TPSA) is 84.7 Å². The Labute approximate surface area is 155 Å². The first-order chi connectivity index (χ1) is 11.5. The number of amides is 2. The predicted molar refractivity (Wildman–Crippen MR) is 101 cm³/mol. The highest BCUT2D eigenvalue weighted by molar-refractivity contribution is 5.95. The summed E-state index contributed by atoms with van der Waals surface area (Å²) in [5.74, 6) is 0.457. The second kappa shape index (κ2) is 9.63. The zero-order chi connectivity index (χ0) is 17.6. The lowest BCUT2D eigenvalue weighted by Crippen LogP contribution is -2.49. The molecule has 1 aliphatic rings. The highest BCUT2D eigenvalue weighted by atomic mass is 35.5. The van der Waals surface area contributed by atoms with Gasteiger partial charge in [0.15, 0.2) is 0 Å². The van der Waals surface area contributed by atoms with Gasteiger partial charge in [0, 0.05) is 24.8 Å². The van der Waals surface area contributed by atoms with Crippen molar-refractivity contribution in [3.05, 3.63) is 24.3 Å². The molecule has 0 aliphatic heterocycles. The van der Waals surface area contributed by atoms with Gasteiger partial charge in [-0.15, -0.1) is 12.4 Å². The van der Waals surface area contributed by atoms with Gasteiger partial charge in [-0.1, -0.05) is 18.9 Å². The highest BCUT2D eigenvalue weighted by Gasteiger charge is 2.42. The molecule has 140 valence electrons. The third kappa shape index (κ3) is 5.09. The van der Waals surface area contributed by atoms with Crippen molar-refractivity contribution in [3.63, 3.8) is 0 Å². The van der Waals surface area contributed by atoms with E-state index in [0.717, 1.165) is 25.7 Å². The van der Waals surface area contributed by atoms with Crippen molar-refractivity contribution in [3.8, 4) is 5.75 Å². The van der Waals surface area contributed by atoms with Crippen LogP contribution >= 0.6 is 12.4 Å². The third-order valence-corrected chi connectivity index (χ3v) is 4.76. The number of carbonyl (C=O) groups excluding carboxylic acids is 2. The molecule has 2 rings (SSSR count). The Kier molecular flexibility index (Phi) is 8.19. The minimum absolute atomic E-state index is 0. The van der Waals surface area contributed by atoms with E-state index in [-0.39, 0.29) is 30.8 Å². The fourth-order valence-corrected chi connectivity index (χ4v) is 3.29. The van der Waals surface area contributed by atoms with Crippen LogP contribution in [-0.2, 0) is 9.59 Å². The van der Waals surface area contributed by atoms with Crippen LogP contribution < -0.4 is 15.8 Å². The summed E-state index contributed by atoms with van der Waals surface area (Å²) in [6, 6.07) is 7.15. The molecule has 0 bridgehead atoms. The monoisotopic (exact) mass is 369 g/mol. The summed E-state index contributed by atoms with van der Waals surface area (Å²) < 4.78 is 5.14. The Balaban J connectivity index is 0.00000312.